The molecule has 0 aromatic heterocycles. The lowest BCUT2D eigenvalue weighted by molar-refractivity contribution is 0.309. The van der Waals surface area contributed by atoms with E-state index in [4.69, 9.17) is 4.74 Å². The summed E-state index contributed by atoms with van der Waals surface area (Å²) < 4.78 is 5.68. The Morgan fingerprint density at radius 2 is 1.76 bits per heavy atom. The molecule has 2 heteroatoms. The van der Waals surface area contributed by atoms with Crippen LogP contribution in [0.2, 0.25) is 0 Å². The lowest BCUT2D eigenvalue weighted by Crippen LogP contribution is -2.15. The molecule has 0 radical (unpaired) electrons. The second-order valence-electron chi connectivity index (χ2n) is 5.04. The van der Waals surface area contributed by atoms with Gasteiger partial charge in [-0.15, -0.1) is 0 Å². The third-order valence-electron chi connectivity index (χ3n) is 3.34. The zero-order chi connectivity index (χ0) is 12.7. The van der Waals surface area contributed by atoms with Gasteiger partial charge in [-0.1, -0.05) is 32.9 Å². The average molecular weight is 252 g/mol. The SMILES string of the molecule is CCC(C)(C)c1ccc(OCCCCS)cc1. The van der Waals surface area contributed by atoms with Crippen molar-refractivity contribution in [2.45, 2.75) is 45.4 Å². The van der Waals surface area contributed by atoms with Gasteiger partial charge in [-0.05, 0) is 48.1 Å². The molecule has 0 atom stereocenters. The van der Waals surface area contributed by atoms with Gasteiger partial charge in [0.05, 0.1) is 6.61 Å². The molecule has 0 fully saturated rings. The first-order valence-electron chi connectivity index (χ1n) is 6.44. The number of unbranched alkanes of at least 4 members (excludes halogenated alkanes) is 1. The van der Waals surface area contributed by atoms with Crippen molar-refractivity contribution in [3.8, 4) is 5.75 Å². The standard InChI is InChI=1S/C15H24OS/c1-4-15(2,3)13-7-9-14(10-8-13)16-11-5-6-12-17/h7-10,17H,4-6,11-12H2,1-3H3. The van der Waals surface area contributed by atoms with Crippen molar-refractivity contribution < 1.29 is 4.74 Å². The maximum Gasteiger partial charge on any atom is 0.119 e. The molecular formula is C15H24OS. The van der Waals surface area contributed by atoms with Gasteiger partial charge >= 0.3 is 0 Å². The van der Waals surface area contributed by atoms with Gasteiger partial charge in [-0.3, -0.25) is 0 Å². The Morgan fingerprint density at radius 3 is 2.29 bits per heavy atom. The van der Waals surface area contributed by atoms with Gasteiger partial charge in [0.25, 0.3) is 0 Å². The summed E-state index contributed by atoms with van der Waals surface area (Å²) in [4.78, 5) is 0. The number of ether oxygens (including phenoxy) is 1. The van der Waals surface area contributed by atoms with Crippen molar-refractivity contribution >= 4 is 12.6 Å². The quantitative estimate of drug-likeness (QED) is 0.556. The van der Waals surface area contributed by atoms with E-state index in [1.807, 2.05) is 0 Å². The summed E-state index contributed by atoms with van der Waals surface area (Å²) in [5, 5.41) is 0. The van der Waals surface area contributed by atoms with Gasteiger partial charge in [-0.2, -0.15) is 12.6 Å². The van der Waals surface area contributed by atoms with Crippen LogP contribution in [0.25, 0.3) is 0 Å². The highest BCUT2D eigenvalue weighted by atomic mass is 32.1. The fourth-order valence-electron chi connectivity index (χ4n) is 1.61. The molecule has 0 saturated heterocycles. The van der Waals surface area contributed by atoms with Crippen LogP contribution in [0.4, 0.5) is 0 Å². The molecule has 96 valence electrons. The molecule has 1 aromatic carbocycles. The highest BCUT2D eigenvalue weighted by Crippen LogP contribution is 2.28. The van der Waals surface area contributed by atoms with Crippen LogP contribution in [-0.2, 0) is 5.41 Å². The van der Waals surface area contributed by atoms with Gasteiger partial charge in [0.2, 0.25) is 0 Å². The molecule has 1 rings (SSSR count). The third kappa shape index (κ3) is 4.63. The monoisotopic (exact) mass is 252 g/mol. The predicted octanol–water partition coefficient (Wildman–Crippen LogP) is 4.46. The first-order valence-corrected chi connectivity index (χ1v) is 7.07. The van der Waals surface area contributed by atoms with Crippen molar-refractivity contribution in [2.24, 2.45) is 0 Å². The molecule has 0 N–H and O–H groups in total. The lowest BCUT2D eigenvalue weighted by Gasteiger charge is -2.23. The zero-order valence-corrected chi connectivity index (χ0v) is 12.1. The van der Waals surface area contributed by atoms with E-state index in [9.17, 15) is 0 Å². The Hall–Kier alpha value is -0.630. The molecular weight excluding hydrogens is 228 g/mol. The summed E-state index contributed by atoms with van der Waals surface area (Å²) >= 11 is 4.18. The van der Waals surface area contributed by atoms with Crippen LogP contribution in [0.15, 0.2) is 24.3 Å². The molecule has 0 saturated carbocycles. The summed E-state index contributed by atoms with van der Waals surface area (Å²) in [6.45, 7) is 7.56. The van der Waals surface area contributed by atoms with E-state index in [1.54, 1.807) is 0 Å². The van der Waals surface area contributed by atoms with Gasteiger partial charge in [-0.25, -0.2) is 0 Å². The molecule has 0 aliphatic rings. The smallest absolute Gasteiger partial charge is 0.119 e. The van der Waals surface area contributed by atoms with Crippen LogP contribution in [0.5, 0.6) is 5.75 Å². The largest absolute Gasteiger partial charge is 0.494 e. The number of hydrogen-bond donors (Lipinski definition) is 1. The molecule has 0 amide bonds. The van der Waals surface area contributed by atoms with Crippen LogP contribution < -0.4 is 4.74 Å². The van der Waals surface area contributed by atoms with Crippen LogP contribution in [-0.4, -0.2) is 12.4 Å². The van der Waals surface area contributed by atoms with E-state index in [1.165, 1.54) is 5.56 Å². The Labute approximate surface area is 111 Å². The summed E-state index contributed by atoms with van der Waals surface area (Å²) in [7, 11) is 0. The van der Waals surface area contributed by atoms with Crippen molar-refractivity contribution in [3.63, 3.8) is 0 Å². The van der Waals surface area contributed by atoms with Crippen LogP contribution in [0, 0.1) is 0 Å². The first-order chi connectivity index (χ1) is 8.10. The minimum atomic E-state index is 0.255. The Balaban J connectivity index is 2.50. The van der Waals surface area contributed by atoms with E-state index in [-0.39, 0.29) is 5.41 Å². The first kappa shape index (κ1) is 14.4. The Bertz CT molecular complexity index is 316. The second-order valence-corrected chi connectivity index (χ2v) is 5.49. The average Bonchev–Trinajstić information content (AvgIpc) is 2.35. The highest BCUT2D eigenvalue weighted by molar-refractivity contribution is 7.80. The topological polar surface area (TPSA) is 9.23 Å². The summed E-state index contributed by atoms with van der Waals surface area (Å²) in [5.74, 6) is 1.91. The van der Waals surface area contributed by atoms with Gasteiger partial charge in [0.15, 0.2) is 0 Å². The molecule has 0 aliphatic carbocycles. The Morgan fingerprint density at radius 1 is 1.12 bits per heavy atom. The normalized spacial score (nSPS) is 11.5. The van der Waals surface area contributed by atoms with Crippen molar-refractivity contribution in [3.05, 3.63) is 29.8 Å². The van der Waals surface area contributed by atoms with Crippen LogP contribution in [0.1, 0.15) is 45.6 Å². The molecule has 0 bridgehead atoms. The van der Waals surface area contributed by atoms with E-state index < -0.39 is 0 Å². The summed E-state index contributed by atoms with van der Waals surface area (Å²) in [6, 6.07) is 8.51. The third-order valence-corrected chi connectivity index (χ3v) is 3.66. The number of rotatable bonds is 7. The fraction of sp³-hybridized carbons (Fsp3) is 0.600. The second kappa shape index (κ2) is 6.95. The fourth-order valence-corrected chi connectivity index (χ4v) is 1.83. The van der Waals surface area contributed by atoms with Crippen molar-refractivity contribution in [1.29, 1.82) is 0 Å². The molecule has 0 aliphatic heterocycles. The molecule has 0 heterocycles. The van der Waals surface area contributed by atoms with E-state index in [0.717, 1.165) is 37.4 Å². The predicted molar refractivity (Wildman–Crippen MR) is 78.3 cm³/mol. The highest BCUT2D eigenvalue weighted by Gasteiger charge is 2.17. The molecule has 0 unspecified atom stereocenters. The number of benzene rings is 1. The lowest BCUT2D eigenvalue weighted by atomic mass is 9.82. The number of hydrogen-bond acceptors (Lipinski definition) is 2. The minimum absolute atomic E-state index is 0.255. The van der Waals surface area contributed by atoms with Crippen molar-refractivity contribution in [2.75, 3.05) is 12.4 Å². The van der Waals surface area contributed by atoms with Gasteiger partial charge < -0.3 is 4.74 Å². The van der Waals surface area contributed by atoms with Crippen LogP contribution in [0.3, 0.4) is 0 Å². The molecule has 17 heavy (non-hydrogen) atoms. The summed E-state index contributed by atoms with van der Waals surface area (Å²) in [5.41, 5.74) is 1.63. The van der Waals surface area contributed by atoms with E-state index in [2.05, 4.69) is 57.7 Å². The maximum absolute atomic E-state index is 5.68. The maximum atomic E-state index is 5.68. The molecule has 1 aromatic rings. The van der Waals surface area contributed by atoms with Crippen LogP contribution >= 0.6 is 12.6 Å². The molecule has 1 nitrogen and oxygen atoms in total. The van der Waals surface area contributed by atoms with Gasteiger partial charge in [0, 0.05) is 0 Å². The van der Waals surface area contributed by atoms with E-state index >= 15 is 0 Å². The molecule has 0 spiro atoms. The van der Waals surface area contributed by atoms with Gasteiger partial charge in [0.1, 0.15) is 5.75 Å². The van der Waals surface area contributed by atoms with E-state index in [0.29, 0.717) is 0 Å². The van der Waals surface area contributed by atoms with Crippen molar-refractivity contribution in [1.82, 2.24) is 0 Å². The zero-order valence-electron chi connectivity index (χ0n) is 11.2. The number of thiol groups is 1. The Kier molecular flexibility index (Phi) is 5.90. The minimum Gasteiger partial charge on any atom is -0.494 e. The summed E-state index contributed by atoms with van der Waals surface area (Å²) in [6.07, 6.45) is 3.34.